The van der Waals surface area contributed by atoms with Crippen LogP contribution in [0.3, 0.4) is 0 Å². The number of hydrogen-bond acceptors (Lipinski definition) is 3. The molecule has 2 amide bonds. The van der Waals surface area contributed by atoms with Crippen LogP contribution in [0.2, 0.25) is 0 Å². The van der Waals surface area contributed by atoms with Gasteiger partial charge in [-0.2, -0.15) is 0 Å². The summed E-state index contributed by atoms with van der Waals surface area (Å²) in [5.74, 6) is 0.537. The molecule has 0 aliphatic carbocycles. The Labute approximate surface area is 145 Å². The summed E-state index contributed by atoms with van der Waals surface area (Å²) < 4.78 is 0. The first-order chi connectivity index (χ1) is 11.7. The van der Waals surface area contributed by atoms with Crippen molar-refractivity contribution in [2.45, 2.75) is 32.2 Å². The quantitative estimate of drug-likeness (QED) is 0.871. The van der Waals surface area contributed by atoms with Crippen molar-refractivity contribution in [2.75, 3.05) is 44.2 Å². The molecular weight excluding hydrogens is 300 g/mol. The number of para-hydroxylation sites is 1. The maximum Gasteiger partial charge on any atom is 0.315 e. The molecule has 1 aromatic rings. The van der Waals surface area contributed by atoms with E-state index in [2.05, 4.69) is 51.6 Å². The molecule has 3 rings (SSSR count). The van der Waals surface area contributed by atoms with Gasteiger partial charge in [-0.25, -0.2) is 4.79 Å². The van der Waals surface area contributed by atoms with Gasteiger partial charge in [0, 0.05) is 37.9 Å². The third-order valence-corrected chi connectivity index (χ3v) is 5.25. The fourth-order valence-corrected chi connectivity index (χ4v) is 3.81. The summed E-state index contributed by atoms with van der Waals surface area (Å²) in [7, 11) is 0. The highest BCUT2D eigenvalue weighted by Gasteiger charge is 2.24. The van der Waals surface area contributed by atoms with Gasteiger partial charge in [-0.05, 0) is 50.4 Å². The van der Waals surface area contributed by atoms with Crippen molar-refractivity contribution in [3.8, 4) is 0 Å². The average molecular weight is 330 g/mol. The van der Waals surface area contributed by atoms with Crippen LogP contribution in [0.15, 0.2) is 30.3 Å². The number of carbonyl (C=O) groups is 1. The fourth-order valence-electron chi connectivity index (χ4n) is 3.81. The van der Waals surface area contributed by atoms with Crippen molar-refractivity contribution in [2.24, 2.45) is 5.92 Å². The molecule has 24 heavy (non-hydrogen) atoms. The Morgan fingerprint density at radius 3 is 2.79 bits per heavy atom. The summed E-state index contributed by atoms with van der Waals surface area (Å²) in [6.07, 6.45) is 3.41. The molecule has 0 unspecified atom stereocenters. The van der Waals surface area contributed by atoms with Crippen LogP contribution >= 0.6 is 0 Å². The smallest absolute Gasteiger partial charge is 0.315 e. The zero-order chi connectivity index (χ0) is 16.8. The summed E-state index contributed by atoms with van der Waals surface area (Å²) in [4.78, 5) is 17.0. The highest BCUT2D eigenvalue weighted by molar-refractivity contribution is 5.74. The average Bonchev–Trinajstić information content (AvgIpc) is 3.10. The lowest BCUT2D eigenvalue weighted by Gasteiger charge is -2.32. The second-order valence-corrected chi connectivity index (χ2v) is 7.02. The van der Waals surface area contributed by atoms with E-state index in [9.17, 15) is 4.79 Å². The third kappa shape index (κ3) is 4.63. The number of hydrogen-bond donors (Lipinski definition) is 2. The lowest BCUT2D eigenvalue weighted by atomic mass is 10.1. The highest BCUT2D eigenvalue weighted by Crippen LogP contribution is 2.22. The number of anilines is 1. The van der Waals surface area contributed by atoms with Crippen LogP contribution in [-0.2, 0) is 0 Å². The number of likely N-dealkylation sites (N-methyl/N-ethyl adjacent to an activating group) is 1. The van der Waals surface area contributed by atoms with Crippen molar-refractivity contribution in [1.82, 2.24) is 15.5 Å². The van der Waals surface area contributed by atoms with Crippen LogP contribution in [0.25, 0.3) is 0 Å². The molecule has 2 fully saturated rings. The molecule has 1 aromatic carbocycles. The number of carbonyl (C=O) groups excluding carboxylic acids is 1. The van der Waals surface area contributed by atoms with Gasteiger partial charge in [0.2, 0.25) is 0 Å². The summed E-state index contributed by atoms with van der Waals surface area (Å²) >= 11 is 0. The molecule has 0 aromatic heterocycles. The molecule has 2 aliphatic heterocycles. The molecule has 2 atom stereocenters. The maximum atomic E-state index is 12.2. The van der Waals surface area contributed by atoms with E-state index >= 15 is 0 Å². The lowest BCUT2D eigenvalue weighted by molar-refractivity contribution is 0.192. The SMILES string of the molecule is CCN1CCC[C@@H](NC(=O)NC[C@@H]2CCN(c3ccccc3)C2)C1. The molecule has 0 bridgehead atoms. The molecule has 0 saturated carbocycles. The first kappa shape index (κ1) is 17.1. The van der Waals surface area contributed by atoms with Gasteiger partial charge in [-0.3, -0.25) is 0 Å². The molecule has 2 aliphatic rings. The van der Waals surface area contributed by atoms with Gasteiger partial charge in [0.1, 0.15) is 0 Å². The van der Waals surface area contributed by atoms with Crippen LogP contribution in [-0.4, -0.2) is 56.2 Å². The number of likely N-dealkylation sites (tertiary alicyclic amines) is 1. The Balaban J connectivity index is 1.38. The van der Waals surface area contributed by atoms with E-state index in [1.54, 1.807) is 0 Å². The monoisotopic (exact) mass is 330 g/mol. The van der Waals surface area contributed by atoms with Crippen LogP contribution in [0.4, 0.5) is 10.5 Å². The van der Waals surface area contributed by atoms with E-state index in [0.29, 0.717) is 12.0 Å². The first-order valence-corrected chi connectivity index (χ1v) is 9.31. The maximum absolute atomic E-state index is 12.2. The Bertz CT molecular complexity index is 521. The number of nitrogens with zero attached hydrogens (tertiary/aromatic N) is 2. The fraction of sp³-hybridized carbons (Fsp3) is 0.632. The van der Waals surface area contributed by atoms with Gasteiger partial charge in [0.25, 0.3) is 0 Å². The van der Waals surface area contributed by atoms with Crippen molar-refractivity contribution < 1.29 is 4.79 Å². The van der Waals surface area contributed by atoms with Gasteiger partial charge in [-0.15, -0.1) is 0 Å². The van der Waals surface area contributed by atoms with Gasteiger partial charge >= 0.3 is 6.03 Å². The van der Waals surface area contributed by atoms with Gasteiger partial charge in [0.15, 0.2) is 0 Å². The zero-order valence-electron chi connectivity index (χ0n) is 14.7. The van der Waals surface area contributed by atoms with Crippen molar-refractivity contribution in [1.29, 1.82) is 0 Å². The normalized spacial score (nSPS) is 24.8. The van der Waals surface area contributed by atoms with E-state index < -0.39 is 0 Å². The summed E-state index contributed by atoms with van der Waals surface area (Å²) in [5.41, 5.74) is 1.28. The largest absolute Gasteiger partial charge is 0.371 e. The molecule has 132 valence electrons. The standard InChI is InChI=1S/C19H30N4O/c1-2-22-11-6-7-17(15-22)21-19(24)20-13-16-10-12-23(14-16)18-8-4-3-5-9-18/h3-5,8-9,16-17H,2,6-7,10-15H2,1H3,(H2,20,21,24)/t16-,17+/m0/s1. The third-order valence-electron chi connectivity index (χ3n) is 5.25. The Morgan fingerprint density at radius 1 is 1.17 bits per heavy atom. The van der Waals surface area contributed by atoms with Crippen LogP contribution in [0.5, 0.6) is 0 Å². The molecule has 5 heteroatoms. The lowest BCUT2D eigenvalue weighted by Crippen LogP contribution is -2.51. The first-order valence-electron chi connectivity index (χ1n) is 9.31. The second kappa shape index (κ2) is 8.38. The van der Waals surface area contributed by atoms with Crippen molar-refractivity contribution >= 4 is 11.7 Å². The van der Waals surface area contributed by atoms with Gasteiger partial charge in [-0.1, -0.05) is 25.1 Å². The Kier molecular flexibility index (Phi) is 5.96. The topological polar surface area (TPSA) is 47.6 Å². The number of benzene rings is 1. The van der Waals surface area contributed by atoms with Crippen LogP contribution in [0, 0.1) is 5.92 Å². The summed E-state index contributed by atoms with van der Waals surface area (Å²) in [6, 6.07) is 10.8. The minimum atomic E-state index is -0.00360. The predicted molar refractivity (Wildman–Crippen MR) is 98.4 cm³/mol. The number of urea groups is 1. The van der Waals surface area contributed by atoms with Crippen molar-refractivity contribution in [3.05, 3.63) is 30.3 Å². The number of nitrogens with one attached hydrogen (secondary N) is 2. The predicted octanol–water partition coefficient (Wildman–Crippen LogP) is 2.30. The Morgan fingerprint density at radius 2 is 2.00 bits per heavy atom. The van der Waals surface area contributed by atoms with Gasteiger partial charge < -0.3 is 20.4 Å². The molecular formula is C19H30N4O. The molecule has 2 N–H and O–H groups in total. The zero-order valence-corrected chi connectivity index (χ0v) is 14.7. The highest BCUT2D eigenvalue weighted by atomic mass is 16.2. The number of amides is 2. The summed E-state index contributed by atoms with van der Waals surface area (Å²) in [5, 5.41) is 6.23. The number of rotatable bonds is 5. The van der Waals surface area contributed by atoms with E-state index in [1.807, 2.05) is 6.07 Å². The molecule has 5 nitrogen and oxygen atoms in total. The minimum absolute atomic E-state index is 0.00360. The van der Waals surface area contributed by atoms with Crippen LogP contribution in [0.1, 0.15) is 26.2 Å². The van der Waals surface area contributed by atoms with E-state index in [0.717, 1.165) is 52.1 Å². The van der Waals surface area contributed by atoms with Crippen LogP contribution < -0.4 is 15.5 Å². The number of piperidine rings is 1. The van der Waals surface area contributed by atoms with E-state index in [-0.39, 0.29) is 6.03 Å². The van der Waals surface area contributed by atoms with E-state index in [4.69, 9.17) is 0 Å². The van der Waals surface area contributed by atoms with Crippen molar-refractivity contribution in [3.63, 3.8) is 0 Å². The second-order valence-electron chi connectivity index (χ2n) is 7.02. The molecule has 0 radical (unpaired) electrons. The summed E-state index contributed by atoms with van der Waals surface area (Å²) in [6.45, 7) is 8.25. The minimum Gasteiger partial charge on any atom is -0.371 e. The molecule has 2 saturated heterocycles. The molecule has 0 spiro atoms. The Hall–Kier alpha value is -1.75. The molecule has 2 heterocycles. The van der Waals surface area contributed by atoms with Gasteiger partial charge in [0.05, 0.1) is 0 Å². The van der Waals surface area contributed by atoms with E-state index in [1.165, 1.54) is 12.1 Å².